The van der Waals surface area contributed by atoms with E-state index >= 15 is 0 Å². The van der Waals surface area contributed by atoms with Gasteiger partial charge in [0, 0.05) is 41.6 Å². The summed E-state index contributed by atoms with van der Waals surface area (Å²) in [4.78, 5) is 17.6. The highest BCUT2D eigenvalue weighted by atomic mass is 16.1. The molecule has 33 heavy (non-hydrogen) atoms. The molecule has 5 aromatic rings. The Morgan fingerprint density at radius 3 is 2.61 bits per heavy atom. The number of nitrogens with one attached hydrogen (secondary N) is 2. The molecule has 0 aliphatic rings. The van der Waals surface area contributed by atoms with E-state index in [9.17, 15) is 4.79 Å². The Balaban J connectivity index is 1.52. The van der Waals surface area contributed by atoms with E-state index < -0.39 is 0 Å². The lowest BCUT2D eigenvalue weighted by Crippen LogP contribution is -2.19. The highest BCUT2D eigenvalue weighted by molar-refractivity contribution is 5.85. The van der Waals surface area contributed by atoms with E-state index in [4.69, 9.17) is 0 Å². The maximum atomic E-state index is 13.2. The Bertz CT molecular complexity index is 1560. The molecule has 0 saturated heterocycles. The number of hydrogen-bond donors (Lipinski definition) is 2. The minimum Gasteiger partial charge on any atom is -0.339 e. The molecule has 0 atom stereocenters. The van der Waals surface area contributed by atoms with Crippen LogP contribution in [0, 0.1) is 20.8 Å². The number of hydrogen-bond acceptors (Lipinski definition) is 4. The molecule has 164 valence electrons. The van der Waals surface area contributed by atoms with Crippen LogP contribution in [-0.2, 0) is 7.05 Å². The van der Waals surface area contributed by atoms with Crippen molar-refractivity contribution in [2.24, 2.45) is 7.05 Å². The van der Waals surface area contributed by atoms with Gasteiger partial charge in [-0.3, -0.25) is 14.9 Å². The van der Waals surface area contributed by atoms with Gasteiger partial charge in [-0.25, -0.2) is 0 Å². The van der Waals surface area contributed by atoms with Crippen molar-refractivity contribution in [1.29, 1.82) is 0 Å². The second-order valence-corrected chi connectivity index (χ2v) is 8.50. The summed E-state index contributed by atoms with van der Waals surface area (Å²) in [6, 6.07) is 20.1. The standard InChI is InChI=1S/C27H25N5O/c1-16-6-5-7-19(10-16)24-14-26(31-30-24)29-21-9-8-17(2)22(13-21)23-12-20-15-28-18(3)11-25(20)32(4)27(23)33/h5-15H,1-4H3,(H2,29,30,31). The Labute approximate surface area is 192 Å². The van der Waals surface area contributed by atoms with Crippen LogP contribution < -0.4 is 10.9 Å². The minimum absolute atomic E-state index is 0.0325. The lowest BCUT2D eigenvalue weighted by Gasteiger charge is -2.13. The molecule has 6 heteroatoms. The molecule has 6 nitrogen and oxygen atoms in total. The van der Waals surface area contributed by atoms with Crippen molar-refractivity contribution in [3.63, 3.8) is 0 Å². The molecule has 2 aromatic carbocycles. The lowest BCUT2D eigenvalue weighted by molar-refractivity contribution is 0.905. The summed E-state index contributed by atoms with van der Waals surface area (Å²) in [5, 5.41) is 11.8. The maximum Gasteiger partial charge on any atom is 0.258 e. The molecule has 0 spiro atoms. The molecular weight excluding hydrogens is 410 g/mol. The van der Waals surface area contributed by atoms with Gasteiger partial charge in [0.2, 0.25) is 0 Å². The third-order valence-corrected chi connectivity index (χ3v) is 5.95. The second-order valence-electron chi connectivity index (χ2n) is 8.50. The summed E-state index contributed by atoms with van der Waals surface area (Å²) in [7, 11) is 1.81. The molecule has 0 fully saturated rings. The normalized spacial score (nSPS) is 11.2. The van der Waals surface area contributed by atoms with E-state index in [-0.39, 0.29) is 5.56 Å². The molecule has 0 bridgehead atoms. The van der Waals surface area contributed by atoms with Gasteiger partial charge in [0.05, 0.1) is 11.2 Å². The average Bonchev–Trinajstić information content (AvgIpc) is 3.27. The molecule has 0 radical (unpaired) electrons. The van der Waals surface area contributed by atoms with Crippen molar-refractivity contribution in [2.75, 3.05) is 5.32 Å². The molecule has 0 aliphatic heterocycles. The summed E-state index contributed by atoms with van der Waals surface area (Å²) in [5.74, 6) is 0.715. The molecule has 5 rings (SSSR count). The van der Waals surface area contributed by atoms with Gasteiger partial charge in [0.1, 0.15) is 0 Å². The quantitative estimate of drug-likeness (QED) is 0.382. The first-order chi connectivity index (χ1) is 15.9. The molecule has 0 aliphatic carbocycles. The van der Waals surface area contributed by atoms with Gasteiger partial charge in [-0.2, -0.15) is 5.10 Å². The van der Waals surface area contributed by atoms with Gasteiger partial charge in [0.25, 0.3) is 5.56 Å². The zero-order valence-electron chi connectivity index (χ0n) is 19.1. The van der Waals surface area contributed by atoms with Crippen LogP contribution in [0.1, 0.15) is 16.8 Å². The number of benzene rings is 2. The number of nitrogens with zero attached hydrogens (tertiary/aromatic N) is 3. The minimum atomic E-state index is -0.0325. The number of pyridine rings is 2. The number of rotatable bonds is 4. The Morgan fingerprint density at radius 1 is 0.939 bits per heavy atom. The van der Waals surface area contributed by atoms with Crippen LogP contribution in [-0.4, -0.2) is 19.7 Å². The van der Waals surface area contributed by atoms with Crippen molar-refractivity contribution in [1.82, 2.24) is 19.7 Å². The van der Waals surface area contributed by atoms with E-state index in [0.717, 1.165) is 44.7 Å². The predicted molar refractivity (Wildman–Crippen MR) is 134 cm³/mol. The third-order valence-electron chi connectivity index (χ3n) is 5.95. The van der Waals surface area contributed by atoms with Crippen LogP contribution in [0.4, 0.5) is 11.5 Å². The molecule has 0 unspecified atom stereocenters. The van der Waals surface area contributed by atoms with Crippen LogP contribution in [0.5, 0.6) is 0 Å². The van der Waals surface area contributed by atoms with E-state index in [0.29, 0.717) is 11.4 Å². The van der Waals surface area contributed by atoms with Gasteiger partial charge < -0.3 is 9.88 Å². The summed E-state index contributed by atoms with van der Waals surface area (Å²) in [6.45, 7) is 6.01. The first-order valence-corrected chi connectivity index (χ1v) is 10.9. The van der Waals surface area contributed by atoms with Crippen LogP contribution in [0.25, 0.3) is 33.3 Å². The van der Waals surface area contributed by atoms with Crippen molar-refractivity contribution in [2.45, 2.75) is 20.8 Å². The molecule has 2 N–H and O–H groups in total. The first-order valence-electron chi connectivity index (χ1n) is 10.9. The van der Waals surface area contributed by atoms with Gasteiger partial charge in [-0.15, -0.1) is 0 Å². The molecular formula is C27H25N5O. The number of anilines is 2. The fourth-order valence-corrected chi connectivity index (χ4v) is 4.14. The second kappa shape index (κ2) is 8.06. The van der Waals surface area contributed by atoms with Crippen LogP contribution in [0.15, 0.2) is 71.7 Å². The average molecular weight is 436 g/mol. The number of aromatic amines is 1. The van der Waals surface area contributed by atoms with E-state index in [1.54, 1.807) is 4.57 Å². The Kier molecular flexibility index (Phi) is 5.05. The van der Waals surface area contributed by atoms with Gasteiger partial charge in [0.15, 0.2) is 5.82 Å². The molecule has 3 heterocycles. The third kappa shape index (κ3) is 3.91. The molecule has 0 saturated carbocycles. The fraction of sp³-hybridized carbons (Fsp3) is 0.148. The van der Waals surface area contributed by atoms with E-state index in [2.05, 4.69) is 45.6 Å². The Hall–Kier alpha value is -4.19. The summed E-state index contributed by atoms with van der Waals surface area (Å²) in [5.41, 5.74) is 8.39. The van der Waals surface area contributed by atoms with Gasteiger partial charge in [-0.1, -0.05) is 29.8 Å². The highest BCUT2D eigenvalue weighted by Crippen LogP contribution is 2.29. The predicted octanol–water partition coefficient (Wildman–Crippen LogP) is 5.66. The summed E-state index contributed by atoms with van der Waals surface area (Å²) < 4.78 is 1.70. The number of fused-ring (bicyclic) bond motifs is 1. The van der Waals surface area contributed by atoms with Crippen LogP contribution in [0.2, 0.25) is 0 Å². The lowest BCUT2D eigenvalue weighted by atomic mass is 9.99. The van der Waals surface area contributed by atoms with E-state index in [1.807, 2.05) is 69.6 Å². The highest BCUT2D eigenvalue weighted by Gasteiger charge is 2.13. The van der Waals surface area contributed by atoms with Crippen molar-refractivity contribution in [3.8, 4) is 22.4 Å². The van der Waals surface area contributed by atoms with Gasteiger partial charge >= 0.3 is 0 Å². The van der Waals surface area contributed by atoms with Crippen LogP contribution >= 0.6 is 0 Å². The first kappa shape index (κ1) is 20.7. The van der Waals surface area contributed by atoms with Crippen LogP contribution in [0.3, 0.4) is 0 Å². The topological polar surface area (TPSA) is 75.6 Å². The molecule has 0 amide bonds. The van der Waals surface area contributed by atoms with E-state index in [1.165, 1.54) is 5.56 Å². The Morgan fingerprint density at radius 2 is 1.79 bits per heavy atom. The summed E-state index contributed by atoms with van der Waals surface area (Å²) in [6.07, 6.45) is 1.82. The number of H-pyrrole nitrogens is 1. The van der Waals surface area contributed by atoms with Crippen molar-refractivity contribution < 1.29 is 0 Å². The zero-order valence-corrected chi connectivity index (χ0v) is 19.1. The molecule has 3 aromatic heterocycles. The number of aromatic nitrogens is 4. The summed E-state index contributed by atoms with van der Waals surface area (Å²) >= 11 is 0. The SMILES string of the molecule is Cc1cccc(-c2cc(Nc3ccc(C)c(-c4cc5cnc(C)cc5n(C)c4=O)c3)n[nH]2)c1. The largest absolute Gasteiger partial charge is 0.339 e. The smallest absolute Gasteiger partial charge is 0.258 e. The number of aryl methyl sites for hydroxylation is 4. The van der Waals surface area contributed by atoms with Crippen molar-refractivity contribution in [3.05, 3.63) is 94.0 Å². The van der Waals surface area contributed by atoms with Crippen molar-refractivity contribution >= 4 is 22.4 Å². The monoisotopic (exact) mass is 435 g/mol. The fourth-order valence-electron chi connectivity index (χ4n) is 4.14. The zero-order chi connectivity index (χ0) is 23.1. The maximum absolute atomic E-state index is 13.2. The van der Waals surface area contributed by atoms with Gasteiger partial charge in [-0.05, 0) is 67.8 Å².